The summed E-state index contributed by atoms with van der Waals surface area (Å²) in [4.78, 5) is 27.6. The molecule has 0 aliphatic rings. The van der Waals surface area contributed by atoms with Gasteiger partial charge < -0.3 is 10.2 Å². The fraction of sp³-hybridized carbons (Fsp3) is 0.364. The van der Waals surface area contributed by atoms with Gasteiger partial charge >= 0.3 is 0 Å². The summed E-state index contributed by atoms with van der Waals surface area (Å²) in [5.74, 6) is -0.427. The number of nitrogens with one attached hydrogen (secondary N) is 1. The summed E-state index contributed by atoms with van der Waals surface area (Å²) in [6.07, 6.45) is 1.30. The Balaban J connectivity index is 2.35. The lowest BCUT2D eigenvalue weighted by Gasteiger charge is -2.31. The van der Waals surface area contributed by atoms with Crippen molar-refractivity contribution in [2.45, 2.75) is 45.7 Å². The van der Waals surface area contributed by atoms with E-state index < -0.39 is 6.04 Å². The third kappa shape index (κ3) is 6.78. The summed E-state index contributed by atoms with van der Waals surface area (Å²) in [7, 11) is 0. The van der Waals surface area contributed by atoms with Crippen LogP contribution in [0.3, 0.4) is 0 Å². The Labute approximate surface area is 197 Å². The molecule has 1 N–H and O–H groups in total. The molecule has 0 spiro atoms. The number of amides is 2. The second kappa shape index (κ2) is 11.8. The van der Waals surface area contributed by atoms with E-state index in [-0.39, 0.29) is 24.8 Å². The van der Waals surface area contributed by atoms with Crippen LogP contribution in [0.4, 0.5) is 0 Å². The molecule has 162 valence electrons. The predicted molar refractivity (Wildman–Crippen MR) is 125 cm³/mol. The van der Waals surface area contributed by atoms with Crippen molar-refractivity contribution in [3.8, 4) is 0 Å². The van der Waals surface area contributed by atoms with E-state index in [1.165, 1.54) is 0 Å². The summed E-state index contributed by atoms with van der Waals surface area (Å²) >= 11 is 24.5. The Kier molecular flexibility index (Phi) is 9.76. The minimum Gasteiger partial charge on any atom is -0.354 e. The fourth-order valence-electron chi connectivity index (χ4n) is 3.05. The van der Waals surface area contributed by atoms with Crippen LogP contribution in [0.15, 0.2) is 36.4 Å². The van der Waals surface area contributed by atoms with Gasteiger partial charge in [-0.15, -0.1) is 0 Å². The van der Waals surface area contributed by atoms with Crippen LogP contribution in [0.1, 0.15) is 37.8 Å². The standard InChI is InChI=1S/C22H24Cl4N2O2/c1-3-9-27-22(30)20(4-2)28(13-15-6-8-17(24)12-19(15)26)21(29)10-14-5-7-16(23)11-18(14)25/h5-8,11-12,20H,3-4,9-10,13H2,1-2H3,(H,27,30)/t20-/m1/s1. The maximum Gasteiger partial charge on any atom is 0.242 e. The first-order valence-corrected chi connectivity index (χ1v) is 11.2. The highest BCUT2D eigenvalue weighted by Crippen LogP contribution is 2.26. The quantitative estimate of drug-likeness (QED) is 0.457. The topological polar surface area (TPSA) is 49.4 Å². The van der Waals surface area contributed by atoms with Gasteiger partial charge in [0.05, 0.1) is 6.42 Å². The highest BCUT2D eigenvalue weighted by atomic mass is 35.5. The van der Waals surface area contributed by atoms with E-state index in [1.54, 1.807) is 41.3 Å². The van der Waals surface area contributed by atoms with Gasteiger partial charge in [-0.3, -0.25) is 9.59 Å². The van der Waals surface area contributed by atoms with Crippen molar-refractivity contribution < 1.29 is 9.59 Å². The molecule has 8 heteroatoms. The molecule has 2 aromatic rings. The molecule has 0 heterocycles. The molecule has 30 heavy (non-hydrogen) atoms. The number of benzene rings is 2. The van der Waals surface area contributed by atoms with Crippen molar-refractivity contribution in [2.24, 2.45) is 0 Å². The van der Waals surface area contributed by atoms with Crippen LogP contribution in [0.25, 0.3) is 0 Å². The van der Waals surface area contributed by atoms with Crippen molar-refractivity contribution in [3.05, 3.63) is 67.6 Å². The first kappa shape index (κ1) is 24.8. The Bertz CT molecular complexity index is 905. The second-order valence-electron chi connectivity index (χ2n) is 6.88. The normalized spacial score (nSPS) is 11.8. The third-order valence-corrected chi connectivity index (χ3v) is 5.82. The Morgan fingerprint density at radius 2 is 1.50 bits per heavy atom. The van der Waals surface area contributed by atoms with Gasteiger partial charge in [0.25, 0.3) is 0 Å². The smallest absolute Gasteiger partial charge is 0.242 e. The molecule has 0 aliphatic carbocycles. The summed E-state index contributed by atoms with van der Waals surface area (Å²) < 4.78 is 0. The summed E-state index contributed by atoms with van der Waals surface area (Å²) in [6.45, 7) is 4.57. The molecule has 2 rings (SSSR count). The van der Waals surface area contributed by atoms with Crippen molar-refractivity contribution in [1.82, 2.24) is 10.2 Å². The van der Waals surface area contributed by atoms with Gasteiger partial charge in [-0.25, -0.2) is 0 Å². The zero-order valence-corrected chi connectivity index (χ0v) is 19.9. The minimum absolute atomic E-state index is 0.0404. The number of hydrogen-bond donors (Lipinski definition) is 1. The van der Waals surface area contributed by atoms with Crippen molar-refractivity contribution in [1.29, 1.82) is 0 Å². The lowest BCUT2D eigenvalue weighted by atomic mass is 10.1. The number of halogens is 4. The molecule has 0 saturated heterocycles. The number of nitrogens with zero attached hydrogens (tertiary/aromatic N) is 1. The van der Waals surface area contributed by atoms with Crippen molar-refractivity contribution in [3.63, 3.8) is 0 Å². The molecule has 0 aromatic heterocycles. The zero-order chi connectivity index (χ0) is 22.3. The number of carbonyl (C=O) groups is 2. The molecule has 0 aliphatic heterocycles. The monoisotopic (exact) mass is 488 g/mol. The minimum atomic E-state index is -0.637. The average molecular weight is 490 g/mol. The SMILES string of the molecule is CCCNC(=O)[C@@H](CC)N(Cc1ccc(Cl)cc1Cl)C(=O)Cc1ccc(Cl)cc1Cl. The Morgan fingerprint density at radius 1 is 0.933 bits per heavy atom. The molecule has 2 aromatic carbocycles. The van der Waals surface area contributed by atoms with E-state index >= 15 is 0 Å². The lowest BCUT2D eigenvalue weighted by molar-refractivity contribution is -0.140. The molecule has 0 bridgehead atoms. The van der Waals surface area contributed by atoms with Gasteiger partial charge in [-0.05, 0) is 48.2 Å². The van der Waals surface area contributed by atoms with E-state index in [2.05, 4.69) is 5.32 Å². The van der Waals surface area contributed by atoms with Crippen LogP contribution in [-0.2, 0) is 22.6 Å². The highest BCUT2D eigenvalue weighted by molar-refractivity contribution is 6.35. The third-order valence-electron chi connectivity index (χ3n) is 4.65. The number of rotatable bonds is 9. The fourth-order valence-corrected chi connectivity index (χ4v) is 3.99. The molecule has 0 unspecified atom stereocenters. The summed E-state index contributed by atoms with van der Waals surface area (Å²) in [6, 6.07) is 9.45. The molecule has 1 atom stereocenters. The molecule has 2 amide bonds. The van der Waals surface area contributed by atoms with E-state index in [0.29, 0.717) is 44.2 Å². The average Bonchev–Trinajstić information content (AvgIpc) is 2.69. The van der Waals surface area contributed by atoms with Gasteiger partial charge in [0.2, 0.25) is 11.8 Å². The second-order valence-corrected chi connectivity index (χ2v) is 8.57. The predicted octanol–water partition coefficient (Wildman–Crippen LogP) is 6.18. The zero-order valence-electron chi connectivity index (χ0n) is 16.9. The highest BCUT2D eigenvalue weighted by Gasteiger charge is 2.29. The summed E-state index contributed by atoms with van der Waals surface area (Å²) in [5.41, 5.74) is 1.35. The van der Waals surface area contributed by atoms with Crippen LogP contribution in [0, 0.1) is 0 Å². The molecular formula is C22H24Cl4N2O2. The first-order valence-electron chi connectivity index (χ1n) is 9.71. The molecule has 0 radical (unpaired) electrons. The molecule has 0 fully saturated rings. The van der Waals surface area contributed by atoms with Gasteiger partial charge in [-0.1, -0.05) is 72.4 Å². The van der Waals surface area contributed by atoms with E-state index in [0.717, 1.165) is 6.42 Å². The van der Waals surface area contributed by atoms with Gasteiger partial charge in [-0.2, -0.15) is 0 Å². The van der Waals surface area contributed by atoms with E-state index in [9.17, 15) is 9.59 Å². The number of carbonyl (C=O) groups excluding carboxylic acids is 2. The first-order chi connectivity index (χ1) is 14.3. The number of hydrogen-bond acceptors (Lipinski definition) is 2. The van der Waals surface area contributed by atoms with Gasteiger partial charge in [0.15, 0.2) is 0 Å². The van der Waals surface area contributed by atoms with Crippen LogP contribution in [-0.4, -0.2) is 29.3 Å². The van der Waals surface area contributed by atoms with E-state index in [1.807, 2.05) is 13.8 Å². The summed E-state index contributed by atoms with van der Waals surface area (Å²) in [5, 5.41) is 4.72. The molecular weight excluding hydrogens is 466 g/mol. The van der Waals surface area contributed by atoms with Crippen LogP contribution >= 0.6 is 46.4 Å². The largest absolute Gasteiger partial charge is 0.354 e. The van der Waals surface area contributed by atoms with Crippen molar-refractivity contribution >= 4 is 58.2 Å². The molecule has 0 saturated carbocycles. The lowest BCUT2D eigenvalue weighted by Crippen LogP contribution is -2.49. The van der Waals surface area contributed by atoms with E-state index in [4.69, 9.17) is 46.4 Å². The Morgan fingerprint density at radius 3 is 2.00 bits per heavy atom. The molecule has 4 nitrogen and oxygen atoms in total. The van der Waals surface area contributed by atoms with Crippen molar-refractivity contribution in [2.75, 3.05) is 6.54 Å². The van der Waals surface area contributed by atoms with Gasteiger partial charge in [0.1, 0.15) is 6.04 Å². The Hall–Kier alpha value is -1.46. The van der Waals surface area contributed by atoms with Crippen LogP contribution in [0.5, 0.6) is 0 Å². The van der Waals surface area contributed by atoms with Crippen LogP contribution in [0.2, 0.25) is 20.1 Å². The van der Waals surface area contributed by atoms with Crippen LogP contribution < -0.4 is 5.32 Å². The maximum absolute atomic E-state index is 13.3. The maximum atomic E-state index is 13.3. The van der Waals surface area contributed by atoms with Gasteiger partial charge in [0, 0.05) is 33.2 Å².